The first-order valence-corrected chi connectivity index (χ1v) is 6.71. The van der Waals surface area contributed by atoms with Gasteiger partial charge in [-0.2, -0.15) is 0 Å². The highest BCUT2D eigenvalue weighted by molar-refractivity contribution is 5.98. The summed E-state index contributed by atoms with van der Waals surface area (Å²) in [6, 6.07) is 14.0. The molecule has 22 heavy (non-hydrogen) atoms. The van der Waals surface area contributed by atoms with Gasteiger partial charge in [-0.25, -0.2) is 0 Å². The Labute approximate surface area is 126 Å². The molecule has 3 N–H and O–H groups in total. The number of rotatable bonds is 4. The summed E-state index contributed by atoms with van der Waals surface area (Å²) in [5, 5.41) is 2.77. The van der Waals surface area contributed by atoms with Gasteiger partial charge in [-0.15, -0.1) is 0 Å². The normalized spacial score (nSPS) is 16.2. The maximum Gasteiger partial charge on any atom is 0.258 e. The molecule has 0 saturated heterocycles. The number of benzene rings is 2. The molecule has 6 nitrogen and oxygen atoms in total. The van der Waals surface area contributed by atoms with Gasteiger partial charge in [-0.05, 0) is 24.3 Å². The van der Waals surface area contributed by atoms with Crippen molar-refractivity contribution in [1.29, 1.82) is 0 Å². The molecule has 6 heteroatoms. The van der Waals surface area contributed by atoms with Crippen molar-refractivity contribution in [2.75, 3.05) is 6.61 Å². The molecule has 0 fully saturated rings. The zero-order chi connectivity index (χ0) is 15.5. The van der Waals surface area contributed by atoms with Crippen molar-refractivity contribution in [3.63, 3.8) is 0 Å². The largest absolute Gasteiger partial charge is 0.484 e. The van der Waals surface area contributed by atoms with Crippen molar-refractivity contribution >= 4 is 11.8 Å². The molecular formula is C16H14N2O4. The molecule has 3 rings (SSSR count). The van der Waals surface area contributed by atoms with Crippen LogP contribution in [0.15, 0.2) is 48.5 Å². The highest BCUT2D eigenvalue weighted by Crippen LogP contribution is 2.29. The SMILES string of the molecule is NC(=O)COc1cccc([C@H]2NC(=O)c3ccccc3O2)c1. The average molecular weight is 298 g/mol. The van der Waals surface area contributed by atoms with E-state index in [1.165, 1.54) is 0 Å². The van der Waals surface area contributed by atoms with Crippen LogP contribution in [0.3, 0.4) is 0 Å². The topological polar surface area (TPSA) is 90.7 Å². The molecule has 0 unspecified atom stereocenters. The zero-order valence-corrected chi connectivity index (χ0v) is 11.6. The van der Waals surface area contributed by atoms with Crippen LogP contribution in [0.2, 0.25) is 0 Å². The van der Waals surface area contributed by atoms with E-state index in [2.05, 4.69) is 5.32 Å². The maximum absolute atomic E-state index is 12.1. The Hall–Kier alpha value is -3.02. The van der Waals surface area contributed by atoms with Crippen LogP contribution in [0.5, 0.6) is 11.5 Å². The molecule has 2 amide bonds. The third-order valence-electron chi connectivity index (χ3n) is 3.18. The van der Waals surface area contributed by atoms with Crippen LogP contribution >= 0.6 is 0 Å². The quantitative estimate of drug-likeness (QED) is 0.892. The number of fused-ring (bicyclic) bond motifs is 1. The number of hydrogen-bond donors (Lipinski definition) is 2. The molecule has 1 heterocycles. The molecule has 0 aliphatic carbocycles. The Morgan fingerprint density at radius 3 is 2.86 bits per heavy atom. The van der Waals surface area contributed by atoms with Crippen molar-refractivity contribution in [1.82, 2.24) is 5.32 Å². The minimum absolute atomic E-state index is 0.199. The summed E-state index contributed by atoms with van der Waals surface area (Å²) in [4.78, 5) is 22.8. The van der Waals surface area contributed by atoms with Gasteiger partial charge in [-0.3, -0.25) is 9.59 Å². The molecule has 2 aromatic carbocycles. The standard InChI is InChI=1S/C16H14N2O4/c17-14(19)9-21-11-5-3-4-10(8-11)16-18-15(20)12-6-1-2-7-13(12)22-16/h1-8,16H,9H2,(H2,17,19)(H,18,20)/t16-/m0/s1. The summed E-state index contributed by atoms with van der Waals surface area (Å²) in [7, 11) is 0. The van der Waals surface area contributed by atoms with E-state index >= 15 is 0 Å². The second-order valence-electron chi connectivity index (χ2n) is 4.79. The fourth-order valence-corrected chi connectivity index (χ4v) is 2.18. The third-order valence-corrected chi connectivity index (χ3v) is 3.18. The summed E-state index contributed by atoms with van der Waals surface area (Å²) >= 11 is 0. The molecule has 1 aliphatic heterocycles. The van der Waals surface area contributed by atoms with Crippen LogP contribution in [-0.4, -0.2) is 18.4 Å². The van der Waals surface area contributed by atoms with Crippen molar-refractivity contribution in [3.05, 3.63) is 59.7 Å². The molecule has 112 valence electrons. The van der Waals surface area contributed by atoms with E-state index in [0.717, 1.165) is 0 Å². The molecule has 0 spiro atoms. The number of primary amides is 1. The minimum atomic E-state index is -0.612. The number of carbonyl (C=O) groups excluding carboxylic acids is 2. The molecule has 1 atom stereocenters. The number of nitrogens with one attached hydrogen (secondary N) is 1. The lowest BCUT2D eigenvalue weighted by atomic mass is 10.1. The monoisotopic (exact) mass is 298 g/mol. The number of ether oxygens (including phenoxy) is 2. The van der Waals surface area contributed by atoms with Crippen molar-refractivity contribution in [2.24, 2.45) is 5.73 Å². The van der Waals surface area contributed by atoms with E-state index in [-0.39, 0.29) is 12.5 Å². The first kappa shape index (κ1) is 13.9. The predicted octanol–water partition coefficient (Wildman–Crippen LogP) is 1.37. The fourth-order valence-electron chi connectivity index (χ4n) is 2.18. The average Bonchev–Trinajstić information content (AvgIpc) is 2.53. The molecule has 0 saturated carbocycles. The Morgan fingerprint density at radius 1 is 1.23 bits per heavy atom. The summed E-state index contributed by atoms with van der Waals surface area (Å²) in [6.45, 7) is -0.204. The van der Waals surface area contributed by atoms with Gasteiger partial charge < -0.3 is 20.5 Å². The first-order valence-electron chi connectivity index (χ1n) is 6.71. The van der Waals surface area contributed by atoms with Gasteiger partial charge in [0.05, 0.1) is 5.56 Å². The van der Waals surface area contributed by atoms with Gasteiger partial charge in [0, 0.05) is 5.56 Å². The van der Waals surface area contributed by atoms with E-state index in [9.17, 15) is 9.59 Å². The van der Waals surface area contributed by atoms with E-state index in [4.69, 9.17) is 15.2 Å². The summed E-state index contributed by atoms with van der Waals surface area (Å²) in [5.74, 6) is 0.254. The van der Waals surface area contributed by atoms with Crippen LogP contribution in [0.4, 0.5) is 0 Å². The smallest absolute Gasteiger partial charge is 0.258 e. The lowest BCUT2D eigenvalue weighted by Crippen LogP contribution is -2.36. The Balaban J connectivity index is 1.82. The number of hydrogen-bond acceptors (Lipinski definition) is 4. The Morgan fingerprint density at radius 2 is 2.05 bits per heavy atom. The van der Waals surface area contributed by atoms with E-state index in [1.54, 1.807) is 48.5 Å². The summed E-state index contributed by atoms with van der Waals surface area (Å²) < 4.78 is 11.0. The van der Waals surface area contributed by atoms with E-state index < -0.39 is 12.1 Å². The second-order valence-corrected chi connectivity index (χ2v) is 4.79. The highest BCUT2D eigenvalue weighted by Gasteiger charge is 2.26. The Bertz CT molecular complexity index is 730. The van der Waals surface area contributed by atoms with Gasteiger partial charge in [0.25, 0.3) is 11.8 Å². The van der Waals surface area contributed by atoms with Crippen molar-refractivity contribution < 1.29 is 19.1 Å². The molecule has 1 aliphatic rings. The van der Waals surface area contributed by atoms with Crippen LogP contribution in [0.25, 0.3) is 0 Å². The summed E-state index contributed by atoms with van der Waals surface area (Å²) in [6.07, 6.45) is -0.612. The van der Waals surface area contributed by atoms with E-state index in [0.29, 0.717) is 22.6 Å². The zero-order valence-electron chi connectivity index (χ0n) is 11.6. The van der Waals surface area contributed by atoms with Crippen LogP contribution < -0.4 is 20.5 Å². The number of nitrogens with two attached hydrogens (primary N) is 1. The van der Waals surface area contributed by atoms with Crippen LogP contribution in [0.1, 0.15) is 22.1 Å². The lowest BCUT2D eigenvalue weighted by Gasteiger charge is -2.27. The predicted molar refractivity (Wildman–Crippen MR) is 78.4 cm³/mol. The van der Waals surface area contributed by atoms with Gasteiger partial charge in [-0.1, -0.05) is 24.3 Å². The van der Waals surface area contributed by atoms with Gasteiger partial charge in [0.15, 0.2) is 12.8 Å². The molecular weight excluding hydrogens is 284 g/mol. The number of para-hydroxylation sites is 1. The number of amides is 2. The molecule has 2 aromatic rings. The molecule has 0 aromatic heterocycles. The first-order chi connectivity index (χ1) is 10.6. The minimum Gasteiger partial charge on any atom is -0.484 e. The van der Waals surface area contributed by atoms with E-state index in [1.807, 2.05) is 0 Å². The van der Waals surface area contributed by atoms with Gasteiger partial charge >= 0.3 is 0 Å². The van der Waals surface area contributed by atoms with Gasteiger partial charge in [0.1, 0.15) is 11.5 Å². The molecule has 0 bridgehead atoms. The van der Waals surface area contributed by atoms with Crippen LogP contribution in [0, 0.1) is 0 Å². The summed E-state index contributed by atoms with van der Waals surface area (Å²) in [5.41, 5.74) is 6.26. The second kappa shape index (κ2) is 5.77. The van der Waals surface area contributed by atoms with Crippen LogP contribution in [-0.2, 0) is 4.79 Å². The molecule has 0 radical (unpaired) electrons. The van der Waals surface area contributed by atoms with Gasteiger partial charge in [0.2, 0.25) is 0 Å². The number of carbonyl (C=O) groups is 2. The Kier molecular flexibility index (Phi) is 3.65. The maximum atomic E-state index is 12.1. The lowest BCUT2D eigenvalue weighted by molar-refractivity contribution is -0.119. The third kappa shape index (κ3) is 2.85. The van der Waals surface area contributed by atoms with Crippen molar-refractivity contribution in [3.8, 4) is 11.5 Å². The highest BCUT2D eigenvalue weighted by atomic mass is 16.5. The fraction of sp³-hybridized carbons (Fsp3) is 0.125. The van der Waals surface area contributed by atoms with Crippen molar-refractivity contribution in [2.45, 2.75) is 6.23 Å².